The lowest BCUT2D eigenvalue weighted by Crippen LogP contribution is -2.07. The molecular formula is C21H18N6. The van der Waals surface area contributed by atoms with Gasteiger partial charge in [-0.3, -0.25) is 0 Å². The second-order valence-corrected chi connectivity index (χ2v) is 6.12. The van der Waals surface area contributed by atoms with E-state index in [1.165, 1.54) is 10.9 Å². The number of hydrogen-bond acceptors (Lipinski definition) is 5. The van der Waals surface area contributed by atoms with Crippen molar-refractivity contribution in [2.75, 3.05) is 17.2 Å². The molecule has 6 heteroatoms. The smallest absolute Gasteiger partial charge is 0.229 e. The van der Waals surface area contributed by atoms with Gasteiger partial charge in [-0.2, -0.15) is 10.2 Å². The average molecular weight is 354 g/mol. The van der Waals surface area contributed by atoms with Crippen LogP contribution in [0.1, 0.15) is 11.1 Å². The third-order valence-corrected chi connectivity index (χ3v) is 4.28. The number of hydrogen-bond donors (Lipinski definition) is 3. The van der Waals surface area contributed by atoms with Gasteiger partial charge in [-0.15, -0.1) is 0 Å². The summed E-state index contributed by atoms with van der Waals surface area (Å²) in [4.78, 5) is 12.0. The molecule has 2 heterocycles. The average Bonchev–Trinajstić information content (AvgIpc) is 3.12. The monoisotopic (exact) mass is 354 g/mol. The topological polar surface area (TPSA) is 89.4 Å². The summed E-state index contributed by atoms with van der Waals surface area (Å²) in [6.07, 6.45) is 4.65. The second kappa shape index (κ2) is 7.58. The minimum atomic E-state index is 0.488. The van der Waals surface area contributed by atoms with Crippen molar-refractivity contribution in [2.45, 2.75) is 6.42 Å². The number of aromatic nitrogens is 3. The van der Waals surface area contributed by atoms with Crippen LogP contribution in [0.25, 0.3) is 10.9 Å². The molecule has 0 unspecified atom stereocenters. The minimum absolute atomic E-state index is 0.488. The highest BCUT2D eigenvalue weighted by Gasteiger charge is 2.04. The van der Waals surface area contributed by atoms with Crippen LogP contribution < -0.4 is 10.6 Å². The summed E-state index contributed by atoms with van der Waals surface area (Å²) in [6.45, 7) is 0.766. The summed E-state index contributed by atoms with van der Waals surface area (Å²) < 4.78 is 0. The van der Waals surface area contributed by atoms with Gasteiger partial charge in [0.1, 0.15) is 5.82 Å². The van der Waals surface area contributed by atoms with Gasteiger partial charge in [-0.25, -0.2) is 4.98 Å². The van der Waals surface area contributed by atoms with Crippen LogP contribution >= 0.6 is 0 Å². The van der Waals surface area contributed by atoms with Gasteiger partial charge in [-0.05, 0) is 42.3 Å². The maximum Gasteiger partial charge on any atom is 0.229 e. The zero-order valence-corrected chi connectivity index (χ0v) is 14.6. The highest BCUT2D eigenvalue weighted by molar-refractivity contribution is 5.83. The van der Waals surface area contributed by atoms with Crippen LogP contribution in [0.4, 0.5) is 17.5 Å². The molecule has 0 spiro atoms. The Labute approximate surface area is 156 Å². The molecule has 0 atom stereocenters. The van der Waals surface area contributed by atoms with Crippen molar-refractivity contribution in [1.82, 2.24) is 15.0 Å². The molecule has 0 radical (unpaired) electrons. The van der Waals surface area contributed by atoms with Crippen molar-refractivity contribution >= 4 is 28.4 Å². The Balaban J connectivity index is 1.40. The molecule has 3 N–H and O–H groups in total. The molecular weight excluding hydrogens is 336 g/mol. The van der Waals surface area contributed by atoms with Crippen LogP contribution in [0.2, 0.25) is 0 Å². The molecule has 132 valence electrons. The van der Waals surface area contributed by atoms with Gasteiger partial charge in [0, 0.05) is 35.5 Å². The highest BCUT2D eigenvalue weighted by Crippen LogP contribution is 2.19. The normalized spacial score (nSPS) is 10.5. The summed E-state index contributed by atoms with van der Waals surface area (Å²) in [5.41, 5.74) is 3.80. The third-order valence-electron chi connectivity index (χ3n) is 4.28. The first kappa shape index (κ1) is 16.6. The lowest BCUT2D eigenvalue weighted by molar-refractivity contribution is 1.01. The minimum Gasteiger partial charge on any atom is -0.370 e. The lowest BCUT2D eigenvalue weighted by Gasteiger charge is -2.08. The summed E-state index contributed by atoms with van der Waals surface area (Å²) in [7, 11) is 0. The molecule has 2 aromatic carbocycles. The van der Waals surface area contributed by atoms with Crippen molar-refractivity contribution in [2.24, 2.45) is 0 Å². The van der Waals surface area contributed by atoms with Crippen LogP contribution in [-0.2, 0) is 6.42 Å². The van der Waals surface area contributed by atoms with Gasteiger partial charge in [0.05, 0.1) is 11.6 Å². The number of para-hydroxylation sites is 1. The lowest BCUT2D eigenvalue weighted by atomic mass is 10.1. The number of nitrogens with one attached hydrogen (secondary N) is 3. The molecule has 0 aliphatic heterocycles. The number of aromatic amines is 1. The standard InChI is InChI=1S/C21H18N6/c22-13-15-4-3-5-17(12-15)26-21-24-11-9-20(27-21)23-10-8-16-14-25-19-7-2-1-6-18(16)19/h1-7,9,11-12,14,25H,8,10H2,(H2,23,24,26,27). The molecule has 27 heavy (non-hydrogen) atoms. The summed E-state index contributed by atoms with van der Waals surface area (Å²) in [5, 5.41) is 16.7. The van der Waals surface area contributed by atoms with Crippen LogP contribution in [0.15, 0.2) is 67.0 Å². The summed E-state index contributed by atoms with van der Waals surface area (Å²) in [6, 6.07) is 19.5. The van der Waals surface area contributed by atoms with Crippen molar-refractivity contribution in [1.29, 1.82) is 5.26 Å². The maximum atomic E-state index is 8.99. The fraction of sp³-hybridized carbons (Fsp3) is 0.0952. The first-order valence-corrected chi connectivity index (χ1v) is 8.71. The molecule has 4 aromatic rings. The van der Waals surface area contributed by atoms with E-state index >= 15 is 0 Å². The van der Waals surface area contributed by atoms with Crippen molar-refractivity contribution in [3.63, 3.8) is 0 Å². The van der Waals surface area contributed by atoms with E-state index in [0.29, 0.717) is 11.5 Å². The molecule has 0 fully saturated rings. The number of rotatable bonds is 6. The molecule has 4 rings (SSSR count). The largest absolute Gasteiger partial charge is 0.370 e. The van der Waals surface area contributed by atoms with E-state index in [2.05, 4.69) is 56.1 Å². The van der Waals surface area contributed by atoms with Crippen molar-refractivity contribution in [3.8, 4) is 6.07 Å². The van der Waals surface area contributed by atoms with Gasteiger partial charge in [0.15, 0.2) is 0 Å². The number of benzene rings is 2. The first-order valence-electron chi connectivity index (χ1n) is 8.71. The van der Waals surface area contributed by atoms with Gasteiger partial charge < -0.3 is 15.6 Å². The molecule has 0 saturated heterocycles. The quantitative estimate of drug-likeness (QED) is 0.482. The Morgan fingerprint density at radius 1 is 1.07 bits per heavy atom. The Bertz CT molecular complexity index is 1110. The third kappa shape index (κ3) is 3.88. The second-order valence-electron chi connectivity index (χ2n) is 6.12. The molecule has 6 nitrogen and oxygen atoms in total. The Morgan fingerprint density at radius 3 is 2.93 bits per heavy atom. The Morgan fingerprint density at radius 2 is 2.00 bits per heavy atom. The van der Waals surface area contributed by atoms with Crippen LogP contribution in [0.3, 0.4) is 0 Å². The fourth-order valence-corrected chi connectivity index (χ4v) is 2.98. The molecule has 0 amide bonds. The van der Waals surface area contributed by atoms with Crippen LogP contribution in [0, 0.1) is 11.3 Å². The van der Waals surface area contributed by atoms with Crippen LogP contribution in [0.5, 0.6) is 0 Å². The zero-order valence-electron chi connectivity index (χ0n) is 14.6. The highest BCUT2D eigenvalue weighted by atomic mass is 15.1. The fourth-order valence-electron chi connectivity index (χ4n) is 2.98. The van der Waals surface area contributed by atoms with Crippen molar-refractivity contribution in [3.05, 3.63) is 78.1 Å². The predicted octanol–water partition coefficient (Wildman–Crippen LogP) is 4.23. The molecule has 0 aliphatic rings. The number of nitriles is 1. The van der Waals surface area contributed by atoms with Crippen LogP contribution in [-0.4, -0.2) is 21.5 Å². The molecule has 2 aromatic heterocycles. The van der Waals surface area contributed by atoms with Gasteiger partial charge in [-0.1, -0.05) is 24.3 Å². The number of fused-ring (bicyclic) bond motifs is 1. The van der Waals surface area contributed by atoms with Gasteiger partial charge >= 0.3 is 0 Å². The van der Waals surface area contributed by atoms with E-state index in [-0.39, 0.29) is 0 Å². The van der Waals surface area contributed by atoms with E-state index in [4.69, 9.17) is 5.26 Å². The van der Waals surface area contributed by atoms with Gasteiger partial charge in [0.2, 0.25) is 5.95 Å². The SMILES string of the molecule is N#Cc1cccc(Nc2nccc(NCCc3c[nH]c4ccccc34)n2)c1. The van der Waals surface area contributed by atoms with E-state index in [1.54, 1.807) is 18.3 Å². The van der Waals surface area contributed by atoms with Crippen molar-refractivity contribution < 1.29 is 0 Å². The predicted molar refractivity (Wildman–Crippen MR) is 107 cm³/mol. The number of nitrogens with zero attached hydrogens (tertiary/aromatic N) is 3. The number of H-pyrrole nitrogens is 1. The maximum absolute atomic E-state index is 8.99. The molecule has 0 bridgehead atoms. The van der Waals surface area contributed by atoms with E-state index < -0.39 is 0 Å². The Kier molecular flexibility index (Phi) is 4.66. The summed E-state index contributed by atoms with van der Waals surface area (Å²) in [5.74, 6) is 1.24. The molecule has 0 saturated carbocycles. The van der Waals surface area contributed by atoms with E-state index in [0.717, 1.165) is 30.0 Å². The first-order chi connectivity index (χ1) is 13.3. The molecule has 0 aliphatic carbocycles. The zero-order chi connectivity index (χ0) is 18.5. The van der Waals surface area contributed by atoms with Gasteiger partial charge in [0.25, 0.3) is 0 Å². The summed E-state index contributed by atoms with van der Waals surface area (Å²) >= 11 is 0. The van der Waals surface area contributed by atoms with E-state index in [9.17, 15) is 0 Å². The Hall–Kier alpha value is -3.85. The van der Waals surface area contributed by atoms with E-state index in [1.807, 2.05) is 24.3 Å². The number of anilines is 3.